The maximum Gasteiger partial charge on any atom is 0.490 e. The highest BCUT2D eigenvalue weighted by Gasteiger charge is 2.38. The van der Waals surface area contributed by atoms with E-state index in [4.69, 9.17) is 9.90 Å². The Hall–Kier alpha value is -2.66. The Morgan fingerprint density at radius 1 is 1.27 bits per heavy atom. The Labute approximate surface area is 174 Å². The van der Waals surface area contributed by atoms with E-state index in [0.717, 1.165) is 36.7 Å². The highest BCUT2D eigenvalue weighted by Crippen LogP contribution is 2.23. The van der Waals surface area contributed by atoms with E-state index in [1.165, 1.54) is 5.56 Å². The molecule has 0 saturated carbocycles. The van der Waals surface area contributed by atoms with Crippen LogP contribution >= 0.6 is 0 Å². The molecule has 0 unspecified atom stereocenters. The van der Waals surface area contributed by atoms with E-state index in [-0.39, 0.29) is 0 Å². The second-order valence-corrected chi connectivity index (χ2v) is 7.02. The van der Waals surface area contributed by atoms with Crippen molar-refractivity contribution in [2.75, 3.05) is 39.1 Å². The number of H-pyrrole nitrogens is 1. The van der Waals surface area contributed by atoms with Gasteiger partial charge in [0.15, 0.2) is 0 Å². The second-order valence-electron chi connectivity index (χ2n) is 7.02. The van der Waals surface area contributed by atoms with E-state index in [1.54, 1.807) is 0 Å². The molecule has 168 valence electrons. The molecule has 0 fully saturated rings. The van der Waals surface area contributed by atoms with Crippen LogP contribution < -0.4 is 10.2 Å². The van der Waals surface area contributed by atoms with Gasteiger partial charge >= 0.3 is 12.1 Å². The molecule has 0 aromatic carbocycles. The van der Waals surface area contributed by atoms with Crippen molar-refractivity contribution in [3.63, 3.8) is 0 Å². The number of aromatic nitrogens is 3. The largest absolute Gasteiger partial charge is 0.490 e. The number of aliphatic carboxylic acids is 1. The van der Waals surface area contributed by atoms with Crippen LogP contribution in [0.25, 0.3) is 11.3 Å². The molecule has 2 aromatic heterocycles. The zero-order valence-electron chi connectivity index (χ0n) is 17.8. The van der Waals surface area contributed by atoms with Crippen molar-refractivity contribution in [3.8, 4) is 11.3 Å². The molecule has 0 aliphatic rings. The van der Waals surface area contributed by atoms with Crippen LogP contribution in [0.4, 0.5) is 19.0 Å². The van der Waals surface area contributed by atoms with E-state index in [1.807, 2.05) is 19.4 Å². The SMILES string of the molecule is CNCCN(C)Cc1cn[nH]c1-c1ccc(N(C)C(C)C)nc1.O=C(O)C(F)(F)F. The van der Waals surface area contributed by atoms with E-state index in [9.17, 15) is 13.2 Å². The molecule has 0 amide bonds. The van der Waals surface area contributed by atoms with Gasteiger partial charge in [-0.25, -0.2) is 9.78 Å². The Balaban J connectivity index is 0.000000553. The highest BCUT2D eigenvalue weighted by atomic mass is 19.4. The van der Waals surface area contributed by atoms with Gasteiger partial charge in [0.05, 0.1) is 11.9 Å². The summed E-state index contributed by atoms with van der Waals surface area (Å²) in [6.45, 7) is 7.15. The molecule has 8 nitrogen and oxygen atoms in total. The number of alkyl halides is 3. The Morgan fingerprint density at radius 3 is 2.37 bits per heavy atom. The lowest BCUT2D eigenvalue weighted by Crippen LogP contribution is -2.27. The van der Waals surface area contributed by atoms with Gasteiger partial charge in [0.2, 0.25) is 0 Å². The van der Waals surface area contributed by atoms with Gasteiger partial charge in [0.1, 0.15) is 5.82 Å². The van der Waals surface area contributed by atoms with Crippen LogP contribution in [0.5, 0.6) is 0 Å². The molecule has 0 aliphatic heterocycles. The van der Waals surface area contributed by atoms with E-state index in [0.29, 0.717) is 6.04 Å². The first kappa shape index (κ1) is 25.4. The van der Waals surface area contributed by atoms with Crippen molar-refractivity contribution >= 4 is 11.8 Å². The number of hydrogen-bond acceptors (Lipinski definition) is 6. The Bertz CT molecular complexity index is 777. The van der Waals surface area contributed by atoms with Crippen molar-refractivity contribution < 1.29 is 23.1 Å². The zero-order chi connectivity index (χ0) is 22.9. The fourth-order valence-electron chi connectivity index (χ4n) is 2.36. The van der Waals surface area contributed by atoms with Crippen LogP contribution in [0.3, 0.4) is 0 Å². The van der Waals surface area contributed by atoms with Crippen LogP contribution in [0.1, 0.15) is 19.4 Å². The lowest BCUT2D eigenvalue weighted by molar-refractivity contribution is -0.192. The molecule has 2 heterocycles. The zero-order valence-corrected chi connectivity index (χ0v) is 17.8. The van der Waals surface area contributed by atoms with Crippen LogP contribution in [-0.4, -0.2) is 77.6 Å². The van der Waals surface area contributed by atoms with Crippen molar-refractivity contribution in [2.45, 2.75) is 32.6 Å². The number of carboxylic acids is 1. The molecule has 0 bridgehead atoms. The predicted octanol–water partition coefficient (Wildman–Crippen LogP) is 2.60. The van der Waals surface area contributed by atoms with Gasteiger partial charge < -0.3 is 20.2 Å². The summed E-state index contributed by atoms with van der Waals surface area (Å²) < 4.78 is 31.7. The monoisotopic (exact) mass is 430 g/mol. The van der Waals surface area contributed by atoms with Crippen molar-refractivity contribution in [2.24, 2.45) is 0 Å². The molecular weight excluding hydrogens is 401 g/mol. The first-order valence-corrected chi connectivity index (χ1v) is 9.32. The van der Waals surface area contributed by atoms with Crippen LogP contribution in [0, 0.1) is 0 Å². The quantitative estimate of drug-likeness (QED) is 0.592. The lowest BCUT2D eigenvalue weighted by atomic mass is 10.1. The van der Waals surface area contributed by atoms with E-state index in [2.05, 4.69) is 70.4 Å². The average molecular weight is 430 g/mol. The summed E-state index contributed by atoms with van der Waals surface area (Å²) in [4.78, 5) is 17.9. The minimum absolute atomic E-state index is 0.428. The smallest absolute Gasteiger partial charge is 0.475 e. The molecule has 0 radical (unpaired) electrons. The molecule has 30 heavy (non-hydrogen) atoms. The van der Waals surface area contributed by atoms with Crippen molar-refractivity contribution in [1.29, 1.82) is 0 Å². The number of carbonyl (C=O) groups is 1. The summed E-state index contributed by atoms with van der Waals surface area (Å²) >= 11 is 0. The maximum atomic E-state index is 10.6. The van der Waals surface area contributed by atoms with Crippen molar-refractivity contribution in [3.05, 3.63) is 30.1 Å². The molecule has 0 saturated heterocycles. The van der Waals surface area contributed by atoms with Gasteiger partial charge in [0, 0.05) is 50.0 Å². The van der Waals surface area contributed by atoms with E-state index >= 15 is 0 Å². The number of pyridine rings is 1. The molecule has 0 aliphatic carbocycles. The predicted molar refractivity (Wildman–Crippen MR) is 109 cm³/mol. The molecule has 0 atom stereocenters. The third-order valence-corrected chi connectivity index (χ3v) is 4.32. The minimum Gasteiger partial charge on any atom is -0.475 e. The molecule has 3 N–H and O–H groups in total. The number of likely N-dealkylation sites (N-methyl/N-ethyl adjacent to an activating group) is 2. The number of carboxylic acid groups (broad SMARTS) is 1. The van der Waals surface area contributed by atoms with Gasteiger partial charge in [-0.1, -0.05) is 0 Å². The molecule has 0 spiro atoms. The number of nitrogens with zero attached hydrogens (tertiary/aromatic N) is 4. The Kier molecular flexibility index (Phi) is 9.73. The number of nitrogens with one attached hydrogen (secondary N) is 2. The fraction of sp³-hybridized carbons (Fsp3) is 0.526. The summed E-state index contributed by atoms with van der Waals surface area (Å²) in [6, 6.07) is 4.59. The summed E-state index contributed by atoms with van der Waals surface area (Å²) in [6.07, 6.45) is -1.27. The number of anilines is 1. The second kappa shape index (κ2) is 11.5. The van der Waals surface area contributed by atoms with Crippen LogP contribution in [-0.2, 0) is 11.3 Å². The number of halogens is 3. The third-order valence-electron chi connectivity index (χ3n) is 4.32. The van der Waals surface area contributed by atoms with Gasteiger partial charge in [-0.05, 0) is 40.1 Å². The molecule has 11 heteroatoms. The molecule has 2 aromatic rings. The Morgan fingerprint density at radius 2 is 1.90 bits per heavy atom. The molecule has 2 rings (SSSR count). The summed E-state index contributed by atoms with van der Waals surface area (Å²) in [5.41, 5.74) is 3.31. The molecular formula is C19H29F3N6O2. The maximum absolute atomic E-state index is 10.6. The number of hydrogen-bond donors (Lipinski definition) is 3. The highest BCUT2D eigenvalue weighted by molar-refractivity contribution is 5.73. The normalized spacial score (nSPS) is 11.4. The summed E-state index contributed by atoms with van der Waals surface area (Å²) in [5.74, 6) is -1.77. The van der Waals surface area contributed by atoms with Crippen LogP contribution in [0.15, 0.2) is 24.5 Å². The van der Waals surface area contributed by atoms with E-state index < -0.39 is 12.1 Å². The summed E-state index contributed by atoms with van der Waals surface area (Å²) in [5, 5.41) is 17.6. The lowest BCUT2D eigenvalue weighted by Gasteiger charge is -2.22. The average Bonchev–Trinajstić information content (AvgIpc) is 3.13. The third kappa shape index (κ3) is 7.99. The van der Waals surface area contributed by atoms with Gasteiger partial charge in [-0.2, -0.15) is 18.3 Å². The van der Waals surface area contributed by atoms with Crippen molar-refractivity contribution in [1.82, 2.24) is 25.4 Å². The number of rotatable bonds is 8. The topological polar surface area (TPSA) is 97.4 Å². The van der Waals surface area contributed by atoms with Gasteiger partial charge in [-0.3, -0.25) is 5.10 Å². The first-order chi connectivity index (χ1) is 14.0. The van der Waals surface area contributed by atoms with Gasteiger partial charge in [-0.15, -0.1) is 0 Å². The standard InChI is InChI=1S/C17H28N6.C2HF3O2/c1-13(2)23(5)16-7-6-14(10-19-16)17-15(11-20-21-17)12-22(4)9-8-18-3;3-2(4,5)1(6)7/h6-7,10-11,13,18H,8-9,12H2,1-5H3,(H,20,21);(H,6,7). The summed E-state index contributed by atoms with van der Waals surface area (Å²) in [7, 11) is 6.15. The van der Waals surface area contributed by atoms with Crippen LogP contribution in [0.2, 0.25) is 0 Å². The first-order valence-electron chi connectivity index (χ1n) is 9.32. The van der Waals surface area contributed by atoms with Gasteiger partial charge in [0.25, 0.3) is 0 Å². The number of aromatic amines is 1. The fourth-order valence-corrected chi connectivity index (χ4v) is 2.36. The minimum atomic E-state index is -5.08.